The normalized spacial score (nSPS) is 19.4. The zero-order chi connectivity index (χ0) is 8.39. The van der Waals surface area contributed by atoms with Gasteiger partial charge in [-0.05, 0) is 19.3 Å². The summed E-state index contributed by atoms with van der Waals surface area (Å²) in [5, 5.41) is 0. The summed E-state index contributed by atoms with van der Waals surface area (Å²) in [4.78, 5) is 4.37. The van der Waals surface area contributed by atoms with E-state index in [2.05, 4.69) is 28.8 Å². The molecular weight excluding hydrogens is 148 g/mol. The predicted molar refractivity (Wildman–Crippen MR) is 49.0 cm³/mol. The van der Waals surface area contributed by atoms with E-state index in [-0.39, 0.29) is 0 Å². The van der Waals surface area contributed by atoms with Gasteiger partial charge in [0, 0.05) is 19.2 Å². The van der Waals surface area contributed by atoms with Crippen LogP contribution in [0.1, 0.15) is 24.2 Å². The summed E-state index contributed by atoms with van der Waals surface area (Å²) in [5.41, 5.74) is 2.67. The third kappa shape index (κ3) is 1.29. The Morgan fingerprint density at radius 1 is 1.42 bits per heavy atom. The van der Waals surface area contributed by atoms with Gasteiger partial charge in [0.1, 0.15) is 0 Å². The summed E-state index contributed by atoms with van der Waals surface area (Å²) in [5.74, 6) is 0. The Bertz CT molecular complexity index is 297. The highest BCUT2D eigenvalue weighted by atomic mass is 15.0. The van der Waals surface area contributed by atoms with Gasteiger partial charge < -0.3 is 4.57 Å². The molecule has 1 heterocycles. The van der Waals surface area contributed by atoms with Gasteiger partial charge in [0.05, 0.1) is 12.0 Å². The van der Waals surface area contributed by atoms with Crippen molar-refractivity contribution < 1.29 is 0 Å². The molecule has 0 spiro atoms. The number of hydrogen-bond acceptors (Lipinski definition) is 1. The first-order valence-corrected chi connectivity index (χ1v) is 4.52. The van der Waals surface area contributed by atoms with Gasteiger partial charge in [-0.15, -0.1) is 0 Å². The third-order valence-electron chi connectivity index (χ3n) is 2.41. The van der Waals surface area contributed by atoms with Gasteiger partial charge in [-0.1, -0.05) is 12.2 Å². The lowest BCUT2D eigenvalue weighted by molar-refractivity contribution is 0.742. The molecule has 0 saturated carbocycles. The van der Waals surface area contributed by atoms with Crippen molar-refractivity contribution in [3.63, 3.8) is 0 Å². The van der Waals surface area contributed by atoms with E-state index in [1.54, 1.807) is 0 Å². The molecule has 0 radical (unpaired) electrons. The molecule has 1 aromatic heterocycles. The van der Waals surface area contributed by atoms with Crippen LogP contribution in [0.2, 0.25) is 0 Å². The monoisotopic (exact) mass is 162 g/mol. The molecule has 12 heavy (non-hydrogen) atoms. The average Bonchev–Trinajstić information content (AvgIpc) is 2.31. The molecule has 0 bridgehead atoms. The molecule has 0 aliphatic heterocycles. The van der Waals surface area contributed by atoms with E-state index in [0.29, 0.717) is 0 Å². The van der Waals surface area contributed by atoms with E-state index in [1.165, 1.54) is 30.7 Å². The fraction of sp³-hybridized carbons (Fsp3) is 0.500. The van der Waals surface area contributed by atoms with Crippen LogP contribution in [0.4, 0.5) is 0 Å². The quantitative estimate of drug-likeness (QED) is 0.532. The number of hydrogen-bond donors (Lipinski definition) is 0. The number of nitrogens with zero attached hydrogens (tertiary/aromatic N) is 2. The topological polar surface area (TPSA) is 17.8 Å². The number of allylic oxidation sites excluding steroid dienone is 2. The summed E-state index contributed by atoms with van der Waals surface area (Å²) >= 11 is 0. The highest BCUT2D eigenvalue weighted by Crippen LogP contribution is 2.14. The van der Waals surface area contributed by atoms with Crippen LogP contribution in [0.25, 0.3) is 0 Å². The molecule has 1 aliphatic carbocycles. The Hall–Kier alpha value is -1.05. The molecule has 0 saturated heterocycles. The van der Waals surface area contributed by atoms with Crippen LogP contribution in [0.5, 0.6) is 0 Å². The smallest absolute Gasteiger partial charge is 0.0949 e. The first-order valence-electron chi connectivity index (χ1n) is 4.52. The number of rotatable bonds is 0. The number of aryl methyl sites for hydroxylation is 1. The molecule has 0 aromatic carbocycles. The zero-order valence-electron chi connectivity index (χ0n) is 7.45. The lowest BCUT2D eigenvalue weighted by atomic mass is 10.1. The van der Waals surface area contributed by atoms with E-state index in [1.807, 2.05) is 6.33 Å². The minimum Gasteiger partial charge on any atom is -0.337 e. The summed E-state index contributed by atoms with van der Waals surface area (Å²) in [6, 6.07) is 0. The van der Waals surface area contributed by atoms with Crippen molar-refractivity contribution in [2.45, 2.75) is 25.7 Å². The first kappa shape index (κ1) is 7.59. The lowest BCUT2D eigenvalue weighted by Gasteiger charge is -2.06. The van der Waals surface area contributed by atoms with Gasteiger partial charge in [-0.3, -0.25) is 0 Å². The highest BCUT2D eigenvalue weighted by molar-refractivity contribution is 5.17. The average molecular weight is 162 g/mol. The maximum absolute atomic E-state index is 4.37. The molecule has 0 N–H and O–H groups in total. The molecular formula is C10H14N2. The Morgan fingerprint density at radius 3 is 3.25 bits per heavy atom. The van der Waals surface area contributed by atoms with Gasteiger partial charge in [0.25, 0.3) is 0 Å². The van der Waals surface area contributed by atoms with Gasteiger partial charge in [-0.25, -0.2) is 4.98 Å². The number of fused-ring (bicyclic) bond motifs is 1. The largest absolute Gasteiger partial charge is 0.337 e. The van der Waals surface area contributed by atoms with Gasteiger partial charge in [-0.2, -0.15) is 0 Å². The van der Waals surface area contributed by atoms with Crippen LogP contribution in [-0.2, 0) is 19.9 Å². The van der Waals surface area contributed by atoms with E-state index in [4.69, 9.17) is 0 Å². The Morgan fingerprint density at radius 2 is 2.33 bits per heavy atom. The van der Waals surface area contributed by atoms with Crippen molar-refractivity contribution in [1.29, 1.82) is 0 Å². The van der Waals surface area contributed by atoms with Crippen LogP contribution in [0, 0.1) is 0 Å². The maximum atomic E-state index is 4.37. The molecule has 0 amide bonds. The minimum atomic E-state index is 1.01. The lowest BCUT2D eigenvalue weighted by Crippen LogP contribution is -2.00. The molecule has 1 aliphatic rings. The third-order valence-corrected chi connectivity index (χ3v) is 2.41. The summed E-state index contributed by atoms with van der Waals surface area (Å²) in [6.45, 7) is 0. The number of aromatic nitrogens is 2. The summed E-state index contributed by atoms with van der Waals surface area (Å²) in [6.07, 6.45) is 11.1. The Kier molecular flexibility index (Phi) is 1.98. The van der Waals surface area contributed by atoms with E-state index in [9.17, 15) is 0 Å². The second-order valence-electron chi connectivity index (χ2n) is 3.32. The molecule has 2 rings (SSSR count). The van der Waals surface area contributed by atoms with Crippen LogP contribution < -0.4 is 0 Å². The van der Waals surface area contributed by atoms with E-state index >= 15 is 0 Å². The Labute approximate surface area is 72.9 Å². The summed E-state index contributed by atoms with van der Waals surface area (Å²) < 4.78 is 2.15. The fourth-order valence-electron chi connectivity index (χ4n) is 1.70. The standard InChI is InChI=1S/C10H14N2/c1-12-8-11-9-6-4-2-3-5-7-10(9)12/h2,4,8H,3,5-7H2,1H3/b4-2+. The predicted octanol–water partition coefficient (Wildman–Crippen LogP) is 1.86. The van der Waals surface area contributed by atoms with E-state index in [0.717, 1.165) is 6.42 Å². The molecule has 0 unspecified atom stereocenters. The molecule has 1 aromatic rings. The van der Waals surface area contributed by atoms with Gasteiger partial charge >= 0.3 is 0 Å². The summed E-state index contributed by atoms with van der Waals surface area (Å²) in [7, 11) is 2.08. The van der Waals surface area contributed by atoms with Crippen LogP contribution >= 0.6 is 0 Å². The molecule has 64 valence electrons. The molecule has 0 atom stereocenters. The maximum Gasteiger partial charge on any atom is 0.0949 e. The van der Waals surface area contributed by atoms with Crippen LogP contribution in [-0.4, -0.2) is 9.55 Å². The molecule has 2 nitrogen and oxygen atoms in total. The molecule has 2 heteroatoms. The van der Waals surface area contributed by atoms with Gasteiger partial charge in [0.15, 0.2) is 0 Å². The van der Waals surface area contributed by atoms with Gasteiger partial charge in [0.2, 0.25) is 0 Å². The number of imidazole rings is 1. The zero-order valence-corrected chi connectivity index (χ0v) is 7.45. The SMILES string of the molecule is Cn1cnc2c1CCC/C=C/C2. The van der Waals surface area contributed by atoms with Crippen molar-refractivity contribution in [2.75, 3.05) is 0 Å². The van der Waals surface area contributed by atoms with Crippen LogP contribution in [0.3, 0.4) is 0 Å². The second-order valence-corrected chi connectivity index (χ2v) is 3.32. The van der Waals surface area contributed by atoms with Crippen molar-refractivity contribution >= 4 is 0 Å². The minimum absolute atomic E-state index is 1.01. The molecule has 0 fully saturated rings. The fourth-order valence-corrected chi connectivity index (χ4v) is 1.70. The van der Waals surface area contributed by atoms with Crippen LogP contribution in [0.15, 0.2) is 18.5 Å². The van der Waals surface area contributed by atoms with Crippen molar-refractivity contribution in [2.24, 2.45) is 7.05 Å². The Balaban J connectivity index is 2.34. The van der Waals surface area contributed by atoms with E-state index < -0.39 is 0 Å². The van der Waals surface area contributed by atoms with Crippen molar-refractivity contribution in [3.8, 4) is 0 Å². The first-order chi connectivity index (χ1) is 5.88. The second kappa shape index (κ2) is 3.13. The highest BCUT2D eigenvalue weighted by Gasteiger charge is 2.07. The van der Waals surface area contributed by atoms with Crippen molar-refractivity contribution in [3.05, 3.63) is 29.9 Å². The van der Waals surface area contributed by atoms with Crippen molar-refractivity contribution in [1.82, 2.24) is 9.55 Å².